The van der Waals surface area contributed by atoms with Gasteiger partial charge in [-0.15, -0.1) is 0 Å². The molecule has 12 rings (SSSR count). The lowest BCUT2D eigenvalue weighted by atomic mass is 9.78. The molecule has 2 aliphatic rings. The molecule has 0 fully saturated rings. The Hall–Kier alpha value is -7.10. The van der Waals surface area contributed by atoms with Crippen molar-refractivity contribution in [1.82, 2.24) is 4.57 Å². The zero-order chi connectivity index (χ0) is 38.5. The highest BCUT2D eigenvalue weighted by atomic mass is 16.3. The summed E-state index contributed by atoms with van der Waals surface area (Å²) < 4.78 is 9.48. The second kappa shape index (κ2) is 12.4. The number of benzene rings is 8. The van der Waals surface area contributed by atoms with Crippen molar-refractivity contribution in [3.63, 3.8) is 0 Å². The van der Waals surface area contributed by atoms with Gasteiger partial charge in [0.05, 0.1) is 33.8 Å². The molecule has 0 unspecified atom stereocenters. The summed E-state index contributed by atoms with van der Waals surface area (Å²) in [5, 5.41) is 7.06. The van der Waals surface area contributed by atoms with Crippen molar-refractivity contribution in [2.45, 2.75) is 32.1 Å². The van der Waals surface area contributed by atoms with E-state index in [1.54, 1.807) is 0 Å². The molecule has 0 atom stereocenters. The Bertz CT molecular complexity index is 3330. The van der Waals surface area contributed by atoms with E-state index < -0.39 is 0 Å². The fourth-order valence-electron chi connectivity index (χ4n) is 10.3. The van der Waals surface area contributed by atoms with Crippen LogP contribution in [-0.2, 0) is 5.41 Å². The van der Waals surface area contributed by atoms with Crippen LogP contribution in [-0.4, -0.2) is 4.57 Å². The second-order valence-electron chi connectivity index (χ2n) is 16.3. The van der Waals surface area contributed by atoms with Crippen LogP contribution in [0.2, 0.25) is 0 Å². The van der Waals surface area contributed by atoms with Gasteiger partial charge in [-0.25, -0.2) is 0 Å². The number of para-hydroxylation sites is 6. The lowest BCUT2D eigenvalue weighted by molar-refractivity contribution is 0.606. The van der Waals surface area contributed by atoms with Crippen LogP contribution < -0.4 is 4.90 Å². The van der Waals surface area contributed by atoms with E-state index in [9.17, 15) is 0 Å². The first-order valence-corrected chi connectivity index (χ1v) is 20.4. The molecule has 0 N–H and O–H groups in total. The van der Waals surface area contributed by atoms with Crippen molar-refractivity contribution in [2.24, 2.45) is 0 Å². The molecule has 0 radical (unpaired) electrons. The van der Waals surface area contributed by atoms with Crippen molar-refractivity contribution >= 4 is 71.5 Å². The van der Waals surface area contributed by atoms with E-state index in [-0.39, 0.29) is 5.41 Å². The third kappa shape index (κ3) is 4.62. The summed E-state index contributed by atoms with van der Waals surface area (Å²) >= 11 is 0. The molecule has 0 aliphatic heterocycles. The summed E-state index contributed by atoms with van der Waals surface area (Å²) in [6, 6.07) is 64.2. The van der Waals surface area contributed by atoms with Crippen molar-refractivity contribution in [3.8, 4) is 16.8 Å². The molecule has 0 spiro atoms. The van der Waals surface area contributed by atoms with Gasteiger partial charge in [-0.2, -0.15) is 0 Å². The van der Waals surface area contributed by atoms with Gasteiger partial charge in [-0.1, -0.05) is 159 Å². The number of fused-ring (bicyclic) bond motifs is 10. The lowest BCUT2D eigenvalue weighted by Gasteiger charge is -2.35. The molecule has 8 aromatic carbocycles. The highest BCUT2D eigenvalue weighted by Gasteiger charge is 2.41. The number of anilines is 2. The van der Waals surface area contributed by atoms with Gasteiger partial charge < -0.3 is 13.9 Å². The van der Waals surface area contributed by atoms with Gasteiger partial charge in [0.15, 0.2) is 0 Å². The standard InChI is InChI=1S/C55H40N2O/c1-55(2)44-25-9-5-22-43(44)52-45(55)26-16-32-51(52)57(50-31-14-13-30-49(50)56-46-27-10-6-19-37(46)38-20-7-11-28-47(38)56)48-29-12-8-21-39(48)40-23-15-24-41-42-34-33-35-17-3-4-18-36(35)53(42)58-54(40)41/h3-15,17-25,27-34H,16,26H2,1-2H3. The molecule has 276 valence electrons. The molecule has 0 amide bonds. The molecule has 3 heteroatoms. The smallest absolute Gasteiger partial charge is 0.143 e. The quantitative estimate of drug-likeness (QED) is 0.175. The Labute approximate surface area is 337 Å². The molecular weight excluding hydrogens is 705 g/mol. The first kappa shape index (κ1) is 33.1. The Morgan fingerprint density at radius 2 is 1.10 bits per heavy atom. The van der Waals surface area contributed by atoms with E-state index in [0.29, 0.717) is 0 Å². The van der Waals surface area contributed by atoms with Gasteiger partial charge >= 0.3 is 0 Å². The minimum Gasteiger partial charge on any atom is -0.455 e. The molecule has 3 nitrogen and oxygen atoms in total. The Kier molecular flexibility index (Phi) is 7.10. The number of aromatic nitrogens is 1. The van der Waals surface area contributed by atoms with Crippen LogP contribution in [0, 0.1) is 0 Å². The fraction of sp³-hybridized carbons (Fsp3) is 0.0909. The van der Waals surface area contributed by atoms with Gasteiger partial charge in [0.25, 0.3) is 0 Å². The minimum atomic E-state index is -0.0778. The van der Waals surface area contributed by atoms with Gasteiger partial charge in [0, 0.05) is 49.0 Å². The van der Waals surface area contributed by atoms with Crippen LogP contribution in [0.25, 0.3) is 76.9 Å². The number of hydrogen-bond donors (Lipinski definition) is 0. The van der Waals surface area contributed by atoms with E-state index >= 15 is 0 Å². The molecule has 58 heavy (non-hydrogen) atoms. The highest BCUT2D eigenvalue weighted by Crippen LogP contribution is 2.56. The SMILES string of the molecule is CC1(C)C2=C(C(N(c3ccccc3-c3cccc4c3oc3c5ccccc5ccc43)c3ccccc3-n3c4ccccc4c4ccccc43)=CCC2)c2ccccc21. The minimum absolute atomic E-state index is 0.0778. The van der Waals surface area contributed by atoms with Crippen molar-refractivity contribution < 1.29 is 4.42 Å². The zero-order valence-corrected chi connectivity index (χ0v) is 32.5. The van der Waals surface area contributed by atoms with Gasteiger partial charge in [-0.05, 0) is 71.3 Å². The Morgan fingerprint density at radius 1 is 0.500 bits per heavy atom. The highest BCUT2D eigenvalue weighted by molar-refractivity contribution is 6.18. The maximum absolute atomic E-state index is 7.01. The summed E-state index contributed by atoms with van der Waals surface area (Å²) in [6.07, 6.45) is 4.50. The number of nitrogens with zero attached hydrogens (tertiary/aromatic N) is 2. The number of hydrogen-bond acceptors (Lipinski definition) is 2. The first-order chi connectivity index (χ1) is 28.6. The van der Waals surface area contributed by atoms with E-state index in [2.05, 4.69) is 205 Å². The molecule has 10 aromatic rings. The van der Waals surface area contributed by atoms with E-state index in [0.717, 1.165) is 68.4 Å². The largest absolute Gasteiger partial charge is 0.455 e. The van der Waals surface area contributed by atoms with Crippen LogP contribution in [0.4, 0.5) is 11.4 Å². The van der Waals surface area contributed by atoms with E-state index in [4.69, 9.17) is 4.42 Å². The van der Waals surface area contributed by atoms with Crippen LogP contribution in [0.1, 0.15) is 37.8 Å². The zero-order valence-electron chi connectivity index (χ0n) is 32.5. The number of allylic oxidation sites excluding steroid dienone is 3. The molecule has 0 saturated carbocycles. The Morgan fingerprint density at radius 3 is 1.91 bits per heavy atom. The van der Waals surface area contributed by atoms with Crippen LogP contribution in [0.3, 0.4) is 0 Å². The monoisotopic (exact) mass is 744 g/mol. The predicted octanol–water partition coefficient (Wildman–Crippen LogP) is 15.1. The third-order valence-corrected chi connectivity index (χ3v) is 12.9. The van der Waals surface area contributed by atoms with Crippen molar-refractivity contribution in [3.05, 3.63) is 204 Å². The number of furan rings is 1. The normalized spacial score (nSPS) is 14.8. The van der Waals surface area contributed by atoms with Gasteiger partial charge in [-0.3, -0.25) is 0 Å². The summed E-state index contributed by atoms with van der Waals surface area (Å²) in [5.74, 6) is 0. The summed E-state index contributed by atoms with van der Waals surface area (Å²) in [7, 11) is 0. The molecule has 2 heterocycles. The average Bonchev–Trinajstić information content (AvgIpc) is 3.90. The van der Waals surface area contributed by atoms with Crippen molar-refractivity contribution in [1.29, 1.82) is 0 Å². The van der Waals surface area contributed by atoms with Crippen LogP contribution in [0.15, 0.2) is 198 Å². The fourth-order valence-corrected chi connectivity index (χ4v) is 10.3. The molecular formula is C55H40N2O. The second-order valence-corrected chi connectivity index (χ2v) is 16.3. The summed E-state index contributed by atoms with van der Waals surface area (Å²) in [5.41, 5.74) is 16.5. The molecule has 0 bridgehead atoms. The first-order valence-electron chi connectivity index (χ1n) is 20.4. The third-order valence-electron chi connectivity index (χ3n) is 12.9. The van der Waals surface area contributed by atoms with Crippen LogP contribution in [0.5, 0.6) is 0 Å². The molecule has 2 aliphatic carbocycles. The summed E-state index contributed by atoms with van der Waals surface area (Å²) in [4.78, 5) is 2.57. The summed E-state index contributed by atoms with van der Waals surface area (Å²) in [6.45, 7) is 4.82. The van der Waals surface area contributed by atoms with Crippen molar-refractivity contribution in [2.75, 3.05) is 4.90 Å². The predicted molar refractivity (Wildman–Crippen MR) is 243 cm³/mol. The molecule has 2 aromatic heterocycles. The maximum Gasteiger partial charge on any atom is 0.143 e. The topological polar surface area (TPSA) is 21.3 Å². The Balaban J connectivity index is 1.17. The average molecular weight is 745 g/mol. The van der Waals surface area contributed by atoms with Gasteiger partial charge in [0.2, 0.25) is 0 Å². The molecule has 0 saturated heterocycles. The van der Waals surface area contributed by atoms with E-state index in [1.807, 2.05) is 0 Å². The van der Waals surface area contributed by atoms with E-state index in [1.165, 1.54) is 55.2 Å². The maximum atomic E-state index is 7.01. The van der Waals surface area contributed by atoms with Gasteiger partial charge in [0.1, 0.15) is 11.2 Å². The lowest BCUT2D eigenvalue weighted by Crippen LogP contribution is -2.23. The van der Waals surface area contributed by atoms with Crippen LogP contribution >= 0.6 is 0 Å². The number of rotatable bonds is 5.